The Morgan fingerprint density at radius 2 is 1.73 bits per heavy atom. The van der Waals surface area contributed by atoms with Gasteiger partial charge < -0.3 is 19.9 Å². The van der Waals surface area contributed by atoms with Crippen LogP contribution in [0.1, 0.15) is 5.56 Å². The van der Waals surface area contributed by atoms with E-state index in [-0.39, 0.29) is 18.1 Å². The normalized spacial score (nSPS) is 10.5. The van der Waals surface area contributed by atoms with Crippen molar-refractivity contribution in [2.24, 2.45) is 0 Å². The van der Waals surface area contributed by atoms with E-state index in [2.05, 4.69) is 5.32 Å². The van der Waals surface area contributed by atoms with E-state index in [9.17, 15) is 18.0 Å². The van der Waals surface area contributed by atoms with E-state index in [1.54, 1.807) is 30.3 Å². The molecule has 8 heteroatoms. The van der Waals surface area contributed by atoms with Crippen molar-refractivity contribution in [1.29, 1.82) is 0 Å². The summed E-state index contributed by atoms with van der Waals surface area (Å²) in [6.07, 6.45) is 0. The lowest BCUT2D eigenvalue weighted by Gasteiger charge is -2.15. The topological polar surface area (TPSA) is 67.8 Å². The van der Waals surface area contributed by atoms with Crippen LogP contribution in [0.3, 0.4) is 0 Å². The fraction of sp³-hybridized carbons (Fsp3) is 0.136. The molecule has 0 radical (unpaired) electrons. The fourth-order valence-corrected chi connectivity index (χ4v) is 2.89. The van der Waals surface area contributed by atoms with E-state index >= 15 is 0 Å². The van der Waals surface area contributed by atoms with Crippen molar-refractivity contribution < 1.29 is 32.5 Å². The third kappa shape index (κ3) is 4.83. The first-order chi connectivity index (χ1) is 14.4. The van der Waals surface area contributed by atoms with Gasteiger partial charge >= 0.3 is 5.97 Å². The summed E-state index contributed by atoms with van der Waals surface area (Å²) in [7, 11) is 1.46. The molecule has 0 fully saturated rings. The number of carboxylic acids is 1. The third-order valence-electron chi connectivity index (χ3n) is 4.30. The summed E-state index contributed by atoms with van der Waals surface area (Å²) in [5, 5.41) is 11.3. The van der Waals surface area contributed by atoms with Crippen molar-refractivity contribution in [3.8, 4) is 22.6 Å². The van der Waals surface area contributed by atoms with Crippen molar-refractivity contribution >= 4 is 11.7 Å². The second-order valence-electron chi connectivity index (χ2n) is 6.31. The number of halogens is 3. The minimum atomic E-state index is -1.29. The number of ether oxygens (including phenoxy) is 2. The van der Waals surface area contributed by atoms with E-state index in [1.165, 1.54) is 19.2 Å². The van der Waals surface area contributed by atoms with E-state index in [1.807, 2.05) is 0 Å². The van der Waals surface area contributed by atoms with Gasteiger partial charge in [0.25, 0.3) is 0 Å². The molecule has 0 aliphatic heterocycles. The van der Waals surface area contributed by atoms with Crippen LogP contribution in [-0.2, 0) is 11.3 Å². The van der Waals surface area contributed by atoms with Crippen LogP contribution >= 0.6 is 0 Å². The molecule has 3 rings (SSSR count). The van der Waals surface area contributed by atoms with Crippen LogP contribution in [0.15, 0.2) is 54.6 Å². The first-order valence-corrected chi connectivity index (χ1v) is 8.88. The number of hydrogen-bond donors (Lipinski definition) is 2. The van der Waals surface area contributed by atoms with Gasteiger partial charge in [0, 0.05) is 12.1 Å². The number of hydrogen-bond acceptors (Lipinski definition) is 4. The van der Waals surface area contributed by atoms with Gasteiger partial charge in [-0.3, -0.25) is 0 Å². The summed E-state index contributed by atoms with van der Waals surface area (Å²) < 4.78 is 52.4. The minimum Gasteiger partial charge on any atom is -0.496 e. The zero-order valence-corrected chi connectivity index (χ0v) is 15.9. The summed E-state index contributed by atoms with van der Waals surface area (Å²) in [5.74, 6) is -3.49. The highest BCUT2D eigenvalue weighted by Gasteiger charge is 2.16. The number of carbonyl (C=O) groups is 1. The number of nitrogens with one attached hydrogen (secondary N) is 1. The Morgan fingerprint density at radius 3 is 2.43 bits per heavy atom. The van der Waals surface area contributed by atoms with Crippen molar-refractivity contribution in [2.45, 2.75) is 6.54 Å². The summed E-state index contributed by atoms with van der Waals surface area (Å²) in [4.78, 5) is 10.6. The lowest BCUT2D eigenvalue weighted by molar-refractivity contribution is -0.139. The van der Waals surface area contributed by atoms with Crippen LogP contribution in [0, 0.1) is 17.5 Å². The largest absolute Gasteiger partial charge is 0.496 e. The Labute approximate surface area is 170 Å². The molecule has 0 heterocycles. The number of anilines is 1. The molecule has 0 bridgehead atoms. The average molecular weight is 417 g/mol. The lowest BCUT2D eigenvalue weighted by Crippen LogP contribution is -2.12. The minimum absolute atomic E-state index is 0.0114. The van der Waals surface area contributed by atoms with Crippen molar-refractivity contribution in [2.75, 3.05) is 19.0 Å². The van der Waals surface area contributed by atoms with Crippen LogP contribution in [0.25, 0.3) is 11.1 Å². The highest BCUT2D eigenvalue weighted by molar-refractivity contribution is 5.69. The molecule has 0 spiro atoms. The summed E-state index contributed by atoms with van der Waals surface area (Å²) in [5.41, 5.74) is 1.46. The fourth-order valence-electron chi connectivity index (χ4n) is 2.89. The van der Waals surface area contributed by atoms with Gasteiger partial charge in [0.2, 0.25) is 0 Å². The lowest BCUT2D eigenvalue weighted by atomic mass is 10.0. The molecule has 3 aromatic carbocycles. The maximum atomic E-state index is 14.6. The number of benzene rings is 3. The Hall–Kier alpha value is -3.68. The van der Waals surface area contributed by atoms with Crippen LogP contribution in [0.5, 0.6) is 11.5 Å². The van der Waals surface area contributed by atoms with Gasteiger partial charge in [-0.05, 0) is 47.5 Å². The standard InChI is InChI=1S/C22H18F3NO4/c1-29-18-7-5-14(13-3-2-4-16(23)10-13)9-15(18)11-26-22-17(24)6-8-19(21(22)25)30-12-20(27)28/h2-10,26H,11-12H2,1H3,(H,27,28). The van der Waals surface area contributed by atoms with Gasteiger partial charge in [-0.2, -0.15) is 0 Å². The molecule has 0 aromatic heterocycles. The molecule has 0 amide bonds. The zero-order valence-electron chi connectivity index (χ0n) is 15.9. The highest BCUT2D eigenvalue weighted by atomic mass is 19.1. The summed E-state index contributed by atoms with van der Waals surface area (Å²) >= 11 is 0. The molecule has 0 saturated heterocycles. The highest BCUT2D eigenvalue weighted by Crippen LogP contribution is 2.31. The van der Waals surface area contributed by atoms with E-state index in [0.717, 1.165) is 12.1 Å². The average Bonchev–Trinajstić information content (AvgIpc) is 2.72. The number of methoxy groups -OCH3 is 1. The van der Waals surface area contributed by atoms with E-state index < -0.39 is 29.9 Å². The van der Waals surface area contributed by atoms with Crippen molar-refractivity contribution in [3.05, 3.63) is 77.6 Å². The second kappa shape index (κ2) is 9.21. The van der Waals surface area contributed by atoms with Gasteiger partial charge in [-0.1, -0.05) is 18.2 Å². The SMILES string of the molecule is COc1ccc(-c2cccc(F)c2)cc1CNc1c(F)ccc(OCC(=O)O)c1F. The molecule has 0 saturated carbocycles. The van der Waals surface area contributed by atoms with Crippen LogP contribution < -0.4 is 14.8 Å². The Kier molecular flexibility index (Phi) is 6.46. The molecule has 0 aliphatic carbocycles. The predicted octanol–water partition coefficient (Wildman–Crippen LogP) is 4.86. The summed E-state index contributed by atoms with van der Waals surface area (Å²) in [6.45, 7) is -0.770. The molecular weight excluding hydrogens is 399 g/mol. The van der Waals surface area contributed by atoms with Crippen molar-refractivity contribution in [3.63, 3.8) is 0 Å². The van der Waals surface area contributed by atoms with Gasteiger partial charge in [-0.25, -0.2) is 18.0 Å². The quantitative estimate of drug-likeness (QED) is 0.548. The molecule has 5 nitrogen and oxygen atoms in total. The number of carboxylic acid groups (broad SMARTS) is 1. The van der Waals surface area contributed by atoms with Crippen LogP contribution in [-0.4, -0.2) is 24.8 Å². The monoisotopic (exact) mass is 417 g/mol. The molecule has 0 unspecified atom stereocenters. The first-order valence-electron chi connectivity index (χ1n) is 8.88. The van der Waals surface area contributed by atoms with Crippen molar-refractivity contribution in [1.82, 2.24) is 0 Å². The molecule has 0 aliphatic rings. The number of rotatable bonds is 8. The van der Waals surface area contributed by atoms with Gasteiger partial charge in [0.15, 0.2) is 18.2 Å². The third-order valence-corrected chi connectivity index (χ3v) is 4.30. The maximum absolute atomic E-state index is 14.6. The smallest absolute Gasteiger partial charge is 0.341 e. The van der Waals surface area contributed by atoms with E-state index in [0.29, 0.717) is 22.4 Å². The molecule has 30 heavy (non-hydrogen) atoms. The maximum Gasteiger partial charge on any atom is 0.341 e. The second-order valence-corrected chi connectivity index (χ2v) is 6.31. The van der Waals surface area contributed by atoms with Gasteiger partial charge in [-0.15, -0.1) is 0 Å². The zero-order chi connectivity index (χ0) is 21.7. The van der Waals surface area contributed by atoms with Crippen LogP contribution in [0.2, 0.25) is 0 Å². The van der Waals surface area contributed by atoms with E-state index in [4.69, 9.17) is 14.6 Å². The first kappa shape index (κ1) is 21.0. The Morgan fingerprint density at radius 1 is 1.00 bits per heavy atom. The Balaban J connectivity index is 1.87. The Bertz CT molecular complexity index is 1070. The van der Waals surface area contributed by atoms with Gasteiger partial charge in [0.05, 0.1) is 7.11 Å². The van der Waals surface area contributed by atoms with Gasteiger partial charge in [0.1, 0.15) is 23.1 Å². The summed E-state index contributed by atoms with van der Waals surface area (Å²) in [6, 6.07) is 13.2. The molecular formula is C22H18F3NO4. The van der Waals surface area contributed by atoms with Crippen LogP contribution in [0.4, 0.5) is 18.9 Å². The molecule has 3 aromatic rings. The molecule has 2 N–H and O–H groups in total. The molecule has 0 atom stereocenters. The molecule has 156 valence electrons. The predicted molar refractivity (Wildman–Crippen MR) is 105 cm³/mol. The number of aliphatic carboxylic acids is 1.